The van der Waals surface area contributed by atoms with E-state index in [-0.39, 0.29) is 11.8 Å². The second-order valence-corrected chi connectivity index (χ2v) is 6.55. The number of aromatic nitrogens is 3. The maximum Gasteiger partial charge on any atom is 0.277 e. The lowest BCUT2D eigenvalue weighted by Crippen LogP contribution is -2.44. The summed E-state index contributed by atoms with van der Waals surface area (Å²) in [5.41, 5.74) is 2.33. The molecule has 8 nitrogen and oxygen atoms in total. The van der Waals surface area contributed by atoms with Gasteiger partial charge in [0.05, 0.1) is 11.4 Å². The molecule has 2 aromatic heterocycles. The van der Waals surface area contributed by atoms with Crippen LogP contribution >= 0.6 is 11.6 Å². The molecule has 138 valence electrons. The molecule has 0 spiro atoms. The highest BCUT2D eigenvalue weighted by molar-refractivity contribution is 6.31. The zero-order chi connectivity index (χ0) is 19.0. The van der Waals surface area contributed by atoms with Crippen molar-refractivity contribution < 1.29 is 14.1 Å². The Kier molecular flexibility index (Phi) is 4.86. The first kappa shape index (κ1) is 18.2. The molecule has 26 heavy (non-hydrogen) atoms. The zero-order valence-corrected chi connectivity index (χ0v) is 15.9. The van der Waals surface area contributed by atoms with Crippen LogP contribution in [-0.4, -0.2) is 49.9 Å². The maximum absolute atomic E-state index is 12.8. The van der Waals surface area contributed by atoms with Crippen LogP contribution in [0.1, 0.15) is 39.5 Å². The van der Waals surface area contributed by atoms with E-state index in [1.807, 2.05) is 6.92 Å². The van der Waals surface area contributed by atoms with Gasteiger partial charge in [-0.2, -0.15) is 5.10 Å². The molecule has 0 aromatic carbocycles. The third-order valence-corrected chi connectivity index (χ3v) is 4.80. The van der Waals surface area contributed by atoms with E-state index in [0.717, 1.165) is 5.69 Å². The Morgan fingerprint density at radius 1 is 1.15 bits per heavy atom. The van der Waals surface area contributed by atoms with Gasteiger partial charge < -0.3 is 4.52 Å². The van der Waals surface area contributed by atoms with Gasteiger partial charge >= 0.3 is 0 Å². The van der Waals surface area contributed by atoms with Crippen LogP contribution < -0.4 is 0 Å². The molecular formula is C17H20ClN5O3. The first-order chi connectivity index (χ1) is 12.3. The van der Waals surface area contributed by atoms with Gasteiger partial charge in [0.25, 0.3) is 11.8 Å². The standard InChI is InChI=1S/C17H20ClN5O3/c1-10-13(16(18)21(4)19-10)6-7-14(24)22-8-5-9-23(22)17(25)15-11(2)20-26-12(15)3/h6-7H,5,8-9H2,1-4H3/b7-6+. The number of halogens is 1. The van der Waals surface area contributed by atoms with Gasteiger partial charge in [-0.3, -0.25) is 14.3 Å². The summed E-state index contributed by atoms with van der Waals surface area (Å²) in [5.74, 6) is -0.127. The molecule has 0 aliphatic carbocycles. The summed E-state index contributed by atoms with van der Waals surface area (Å²) in [6.07, 6.45) is 3.75. The number of hydrogen-bond donors (Lipinski definition) is 0. The summed E-state index contributed by atoms with van der Waals surface area (Å²) in [6, 6.07) is 0. The zero-order valence-electron chi connectivity index (χ0n) is 15.1. The van der Waals surface area contributed by atoms with Gasteiger partial charge in [0, 0.05) is 31.8 Å². The highest BCUT2D eigenvalue weighted by atomic mass is 35.5. The fourth-order valence-electron chi connectivity index (χ4n) is 3.05. The molecule has 1 fully saturated rings. The lowest BCUT2D eigenvalue weighted by atomic mass is 10.2. The Morgan fingerprint density at radius 2 is 1.85 bits per heavy atom. The quantitative estimate of drug-likeness (QED) is 0.766. The molecule has 0 saturated carbocycles. The number of amides is 2. The van der Waals surface area contributed by atoms with E-state index in [9.17, 15) is 9.59 Å². The van der Waals surface area contributed by atoms with Gasteiger partial charge in [0.1, 0.15) is 16.5 Å². The Hall–Kier alpha value is -2.61. The van der Waals surface area contributed by atoms with Crippen LogP contribution in [0.4, 0.5) is 0 Å². The molecule has 3 heterocycles. The largest absolute Gasteiger partial charge is 0.361 e. The number of aryl methyl sites for hydroxylation is 4. The monoisotopic (exact) mass is 377 g/mol. The summed E-state index contributed by atoms with van der Waals surface area (Å²) in [5, 5.41) is 11.4. The normalized spacial score (nSPS) is 14.7. The van der Waals surface area contributed by atoms with E-state index in [2.05, 4.69) is 10.3 Å². The third-order valence-electron chi connectivity index (χ3n) is 4.36. The number of rotatable bonds is 3. The number of carbonyl (C=O) groups excluding carboxylic acids is 2. The topological polar surface area (TPSA) is 84.5 Å². The minimum atomic E-state index is -0.290. The second-order valence-electron chi connectivity index (χ2n) is 6.19. The smallest absolute Gasteiger partial charge is 0.277 e. The average Bonchev–Trinajstić information content (AvgIpc) is 3.26. The van der Waals surface area contributed by atoms with E-state index in [1.54, 1.807) is 31.7 Å². The minimum Gasteiger partial charge on any atom is -0.361 e. The molecule has 0 bridgehead atoms. The van der Waals surface area contributed by atoms with Crippen molar-refractivity contribution in [3.05, 3.63) is 39.5 Å². The van der Waals surface area contributed by atoms with Gasteiger partial charge in [-0.05, 0) is 33.3 Å². The molecule has 9 heteroatoms. The van der Waals surface area contributed by atoms with Gasteiger partial charge in [-0.25, -0.2) is 10.0 Å². The van der Waals surface area contributed by atoms with E-state index in [0.29, 0.717) is 47.2 Å². The van der Waals surface area contributed by atoms with Crippen molar-refractivity contribution in [2.45, 2.75) is 27.2 Å². The fraction of sp³-hybridized carbons (Fsp3) is 0.412. The second kappa shape index (κ2) is 6.95. The number of hydrogen-bond acceptors (Lipinski definition) is 5. The predicted octanol–water partition coefficient (Wildman–Crippen LogP) is 2.29. The SMILES string of the molecule is Cc1nn(C)c(Cl)c1/C=C/C(=O)N1CCCN1C(=O)c1c(C)noc1C. The molecule has 0 N–H and O–H groups in total. The van der Waals surface area contributed by atoms with Crippen molar-refractivity contribution in [1.82, 2.24) is 25.0 Å². The van der Waals surface area contributed by atoms with Crippen molar-refractivity contribution in [2.24, 2.45) is 7.05 Å². The van der Waals surface area contributed by atoms with E-state index in [4.69, 9.17) is 16.1 Å². The molecule has 0 unspecified atom stereocenters. The Labute approximate surface area is 155 Å². The van der Waals surface area contributed by atoms with Crippen LogP contribution in [0.25, 0.3) is 6.08 Å². The third kappa shape index (κ3) is 3.12. The minimum absolute atomic E-state index is 0.281. The predicted molar refractivity (Wildman–Crippen MR) is 95.3 cm³/mol. The average molecular weight is 378 g/mol. The lowest BCUT2D eigenvalue weighted by Gasteiger charge is -2.26. The van der Waals surface area contributed by atoms with Crippen molar-refractivity contribution in [3.63, 3.8) is 0 Å². The van der Waals surface area contributed by atoms with Crippen LogP contribution in [0.15, 0.2) is 10.6 Å². The fourth-order valence-corrected chi connectivity index (χ4v) is 3.28. The summed E-state index contributed by atoms with van der Waals surface area (Å²) in [6.45, 7) is 6.15. The highest BCUT2D eigenvalue weighted by Gasteiger charge is 2.33. The summed E-state index contributed by atoms with van der Waals surface area (Å²) < 4.78 is 6.61. The van der Waals surface area contributed by atoms with Crippen LogP contribution in [0, 0.1) is 20.8 Å². The molecule has 2 aromatic rings. The molecule has 1 saturated heterocycles. The molecule has 3 rings (SSSR count). The molecule has 0 atom stereocenters. The van der Waals surface area contributed by atoms with Crippen LogP contribution in [0.3, 0.4) is 0 Å². The number of carbonyl (C=O) groups is 2. The van der Waals surface area contributed by atoms with E-state index in [1.165, 1.54) is 16.1 Å². The molecule has 1 aliphatic rings. The van der Waals surface area contributed by atoms with Crippen LogP contribution in [0.5, 0.6) is 0 Å². The maximum atomic E-state index is 12.8. The van der Waals surface area contributed by atoms with Crippen molar-refractivity contribution in [3.8, 4) is 0 Å². The molecule has 1 aliphatic heterocycles. The van der Waals surface area contributed by atoms with Crippen LogP contribution in [-0.2, 0) is 11.8 Å². The van der Waals surface area contributed by atoms with Crippen LogP contribution in [0.2, 0.25) is 5.15 Å². The molecular weight excluding hydrogens is 358 g/mol. The van der Waals surface area contributed by atoms with Gasteiger partial charge in [0.15, 0.2) is 0 Å². The van der Waals surface area contributed by atoms with Crippen molar-refractivity contribution in [2.75, 3.05) is 13.1 Å². The first-order valence-corrected chi connectivity index (χ1v) is 8.62. The molecule has 0 radical (unpaired) electrons. The number of hydrazine groups is 1. The molecule has 2 amide bonds. The summed E-state index contributed by atoms with van der Waals surface area (Å²) in [4.78, 5) is 25.5. The Bertz CT molecular complexity index is 879. The first-order valence-electron chi connectivity index (χ1n) is 8.24. The Morgan fingerprint density at radius 3 is 2.42 bits per heavy atom. The van der Waals surface area contributed by atoms with E-state index < -0.39 is 0 Å². The van der Waals surface area contributed by atoms with E-state index >= 15 is 0 Å². The van der Waals surface area contributed by atoms with Crippen molar-refractivity contribution >= 4 is 29.5 Å². The summed E-state index contributed by atoms with van der Waals surface area (Å²) in [7, 11) is 1.74. The van der Waals surface area contributed by atoms with Gasteiger partial charge in [-0.15, -0.1) is 0 Å². The van der Waals surface area contributed by atoms with Gasteiger partial charge in [0.2, 0.25) is 0 Å². The summed E-state index contributed by atoms with van der Waals surface area (Å²) >= 11 is 6.18. The lowest BCUT2D eigenvalue weighted by molar-refractivity contribution is -0.134. The number of nitrogens with zero attached hydrogens (tertiary/aromatic N) is 5. The Balaban J connectivity index is 1.80. The van der Waals surface area contributed by atoms with Gasteiger partial charge in [-0.1, -0.05) is 16.8 Å². The van der Waals surface area contributed by atoms with Crippen molar-refractivity contribution in [1.29, 1.82) is 0 Å². The highest BCUT2D eigenvalue weighted by Crippen LogP contribution is 2.22.